The first kappa shape index (κ1) is 23.7. The molecule has 180 valence electrons. The molecule has 1 unspecified atom stereocenters. The number of nitrogens with zero attached hydrogens (tertiary/aromatic N) is 3. The minimum absolute atomic E-state index is 0.00722. The van der Waals surface area contributed by atoms with Gasteiger partial charge in [-0.1, -0.05) is 6.92 Å². The van der Waals surface area contributed by atoms with Gasteiger partial charge < -0.3 is 15.4 Å². The molecule has 3 aromatic heterocycles. The van der Waals surface area contributed by atoms with Crippen LogP contribution in [0.4, 0.5) is 8.78 Å². The van der Waals surface area contributed by atoms with Gasteiger partial charge in [-0.25, -0.2) is 9.37 Å². The Bertz CT molecular complexity index is 1280. The summed E-state index contributed by atoms with van der Waals surface area (Å²) in [6.07, 6.45) is 5.28. The number of fused-ring (bicyclic) bond motifs is 1. The van der Waals surface area contributed by atoms with E-state index >= 15 is 0 Å². The Kier molecular flexibility index (Phi) is 6.87. The smallest absolute Gasteiger partial charge is 0.270 e. The lowest BCUT2D eigenvalue weighted by Gasteiger charge is -2.38. The first-order valence-corrected chi connectivity index (χ1v) is 11.4. The zero-order valence-corrected chi connectivity index (χ0v) is 19.1. The van der Waals surface area contributed by atoms with Crippen LogP contribution < -0.4 is 10.9 Å². The second-order valence-corrected chi connectivity index (χ2v) is 8.70. The van der Waals surface area contributed by atoms with Crippen molar-refractivity contribution in [1.29, 1.82) is 0 Å². The molecular formula is C24H27F2N5O3. The predicted molar refractivity (Wildman–Crippen MR) is 123 cm³/mol. The van der Waals surface area contributed by atoms with Crippen LogP contribution in [0.3, 0.4) is 0 Å². The largest absolute Gasteiger partial charge is 0.504 e. The summed E-state index contributed by atoms with van der Waals surface area (Å²) in [7, 11) is 0. The lowest BCUT2D eigenvalue weighted by molar-refractivity contribution is 0.0943. The summed E-state index contributed by atoms with van der Waals surface area (Å²) in [6, 6.07) is 4.78. The van der Waals surface area contributed by atoms with Crippen LogP contribution in [0, 0.1) is 11.8 Å². The van der Waals surface area contributed by atoms with Crippen molar-refractivity contribution >= 4 is 16.9 Å². The van der Waals surface area contributed by atoms with Crippen LogP contribution in [-0.2, 0) is 13.0 Å². The number of halogens is 2. The number of rotatable bonds is 5. The number of H-pyrrole nitrogens is 1. The van der Waals surface area contributed by atoms with Gasteiger partial charge in [-0.05, 0) is 50.8 Å². The first-order chi connectivity index (χ1) is 16.3. The number of aryl methyl sites for hydroxylation is 1. The summed E-state index contributed by atoms with van der Waals surface area (Å²) in [4.78, 5) is 35.6. The van der Waals surface area contributed by atoms with Crippen LogP contribution in [0.25, 0.3) is 11.0 Å². The van der Waals surface area contributed by atoms with E-state index in [9.17, 15) is 18.4 Å². The van der Waals surface area contributed by atoms with E-state index in [-0.39, 0.29) is 28.6 Å². The summed E-state index contributed by atoms with van der Waals surface area (Å²) < 4.78 is 27.2. The van der Waals surface area contributed by atoms with Crippen molar-refractivity contribution in [1.82, 2.24) is 25.2 Å². The Morgan fingerprint density at radius 2 is 2.03 bits per heavy atom. The molecule has 2 aliphatic rings. The van der Waals surface area contributed by atoms with Crippen molar-refractivity contribution in [2.75, 3.05) is 6.54 Å². The van der Waals surface area contributed by atoms with Gasteiger partial charge in [0.05, 0.1) is 5.52 Å². The molecule has 0 radical (unpaired) electrons. The molecular weight excluding hydrogens is 444 g/mol. The maximum absolute atomic E-state index is 14.5. The third-order valence-electron chi connectivity index (χ3n) is 6.14. The fourth-order valence-electron chi connectivity index (χ4n) is 3.63. The highest BCUT2D eigenvalue weighted by Crippen LogP contribution is 2.23. The molecule has 3 aromatic rings. The Morgan fingerprint density at radius 1 is 1.26 bits per heavy atom. The fraction of sp³-hybridized carbons (Fsp3) is 0.417. The van der Waals surface area contributed by atoms with Gasteiger partial charge in [0.2, 0.25) is 0 Å². The number of hydrogen-bond donors (Lipinski definition) is 3. The molecule has 0 aromatic carbocycles. The van der Waals surface area contributed by atoms with Gasteiger partial charge in [-0.2, -0.15) is 4.39 Å². The Balaban J connectivity index is 0.000000172. The average Bonchev–Trinajstić information content (AvgIpc) is 3.63. The number of aromatic hydroxyl groups is 1. The molecule has 1 aliphatic heterocycles. The number of carbonyl (C=O) groups excluding carboxylic acids is 1. The monoisotopic (exact) mass is 471 g/mol. The predicted octanol–water partition coefficient (Wildman–Crippen LogP) is 3.04. The van der Waals surface area contributed by atoms with E-state index in [1.807, 2.05) is 6.92 Å². The lowest BCUT2D eigenvalue weighted by Crippen LogP contribution is -2.44. The van der Waals surface area contributed by atoms with E-state index in [4.69, 9.17) is 5.11 Å². The second kappa shape index (κ2) is 9.84. The lowest BCUT2D eigenvalue weighted by atomic mass is 10.0. The van der Waals surface area contributed by atoms with Crippen molar-refractivity contribution in [2.45, 2.75) is 58.2 Å². The van der Waals surface area contributed by atoms with Gasteiger partial charge >= 0.3 is 0 Å². The molecule has 1 aliphatic carbocycles. The van der Waals surface area contributed by atoms with Crippen LogP contribution in [0.5, 0.6) is 5.75 Å². The van der Waals surface area contributed by atoms with Crippen LogP contribution >= 0.6 is 0 Å². The maximum Gasteiger partial charge on any atom is 0.270 e. The third-order valence-corrected chi connectivity index (χ3v) is 6.14. The fourth-order valence-corrected chi connectivity index (χ4v) is 3.63. The van der Waals surface area contributed by atoms with Crippen molar-refractivity contribution in [3.63, 3.8) is 0 Å². The standard InChI is InChI=1S/C15H18FN3O.C9H9FN2O2/c1-3-10-6-12-14(18-15(10)20)13(16)11(7-17-12)8-19-5-4-9(19)2;10-8-7(13)4-3-6(12-8)9(14)11-5-1-2-5/h6-7,9H,3-5,8H2,1-2H3,(H,18,20);3-5,13H,1-2H2,(H,11,14). The Morgan fingerprint density at radius 3 is 2.62 bits per heavy atom. The summed E-state index contributed by atoms with van der Waals surface area (Å²) in [5.41, 5.74) is 1.68. The Labute approximate surface area is 195 Å². The molecule has 10 heteroatoms. The number of hydrogen-bond acceptors (Lipinski definition) is 6. The van der Waals surface area contributed by atoms with Crippen molar-refractivity contribution in [3.05, 3.63) is 63.3 Å². The normalized spacial score (nSPS) is 17.6. The van der Waals surface area contributed by atoms with Crippen molar-refractivity contribution in [3.8, 4) is 5.75 Å². The summed E-state index contributed by atoms with van der Waals surface area (Å²) in [5, 5.41) is 11.5. The SMILES string of the molecule is CCc1cc2ncc(CN3CCC3C)c(F)c2[nH]c1=O.O=C(NC1CC1)c1ccc(O)c(F)n1. The molecule has 3 N–H and O–H groups in total. The van der Waals surface area contributed by atoms with E-state index < -0.39 is 17.6 Å². The van der Waals surface area contributed by atoms with E-state index in [1.54, 1.807) is 12.3 Å². The maximum atomic E-state index is 14.5. The second-order valence-electron chi connectivity index (χ2n) is 8.70. The highest BCUT2D eigenvalue weighted by molar-refractivity contribution is 5.92. The molecule has 1 saturated carbocycles. The highest BCUT2D eigenvalue weighted by atomic mass is 19.1. The summed E-state index contributed by atoms with van der Waals surface area (Å²) in [6.45, 7) is 5.56. The number of carbonyl (C=O) groups is 1. The van der Waals surface area contributed by atoms with E-state index in [1.165, 1.54) is 6.07 Å². The molecule has 2 fully saturated rings. The van der Waals surface area contributed by atoms with Gasteiger partial charge in [0, 0.05) is 42.5 Å². The average molecular weight is 472 g/mol. The van der Waals surface area contributed by atoms with E-state index in [2.05, 4.69) is 32.1 Å². The minimum Gasteiger partial charge on any atom is -0.504 e. The van der Waals surface area contributed by atoms with Gasteiger partial charge in [0.1, 0.15) is 11.2 Å². The van der Waals surface area contributed by atoms with E-state index in [0.29, 0.717) is 35.7 Å². The van der Waals surface area contributed by atoms with Gasteiger partial charge in [0.15, 0.2) is 11.6 Å². The molecule has 0 bridgehead atoms. The van der Waals surface area contributed by atoms with E-state index in [0.717, 1.165) is 31.9 Å². The van der Waals surface area contributed by atoms with Crippen molar-refractivity contribution < 1.29 is 18.7 Å². The molecule has 8 nitrogen and oxygen atoms in total. The molecule has 1 atom stereocenters. The molecule has 1 amide bonds. The van der Waals surface area contributed by atoms with Crippen LogP contribution in [0.15, 0.2) is 29.2 Å². The molecule has 0 spiro atoms. The van der Waals surface area contributed by atoms with Gasteiger partial charge in [0.25, 0.3) is 17.4 Å². The number of aromatic nitrogens is 3. The quantitative estimate of drug-likeness (QED) is 0.494. The number of nitrogens with one attached hydrogen (secondary N) is 2. The number of likely N-dealkylation sites (tertiary alicyclic amines) is 1. The van der Waals surface area contributed by atoms with Crippen LogP contribution in [-0.4, -0.2) is 49.5 Å². The van der Waals surface area contributed by atoms with Crippen LogP contribution in [0.1, 0.15) is 54.7 Å². The molecule has 4 heterocycles. The number of pyridine rings is 3. The van der Waals surface area contributed by atoms with Gasteiger partial charge in [-0.3, -0.25) is 19.5 Å². The third kappa shape index (κ3) is 5.22. The van der Waals surface area contributed by atoms with Gasteiger partial charge in [-0.15, -0.1) is 0 Å². The Hall–Kier alpha value is -3.40. The minimum atomic E-state index is -1.02. The molecule has 5 rings (SSSR count). The number of aromatic amines is 1. The zero-order chi connectivity index (χ0) is 24.4. The molecule has 1 saturated heterocycles. The topological polar surface area (TPSA) is 111 Å². The van der Waals surface area contributed by atoms with Crippen LogP contribution in [0.2, 0.25) is 0 Å². The summed E-state index contributed by atoms with van der Waals surface area (Å²) in [5.74, 6) is -2.32. The molecule has 34 heavy (non-hydrogen) atoms. The summed E-state index contributed by atoms with van der Waals surface area (Å²) >= 11 is 0. The first-order valence-electron chi connectivity index (χ1n) is 11.4. The zero-order valence-electron chi connectivity index (χ0n) is 19.1. The van der Waals surface area contributed by atoms with Crippen molar-refractivity contribution in [2.24, 2.45) is 0 Å². The highest BCUT2D eigenvalue weighted by Gasteiger charge is 2.25. The number of amides is 1.